The molecule has 0 saturated carbocycles. The highest BCUT2D eigenvalue weighted by Gasteiger charge is 2.25. The molecule has 1 aliphatic rings. The zero-order valence-corrected chi connectivity index (χ0v) is 18.8. The molecule has 1 atom stereocenters. The summed E-state index contributed by atoms with van der Waals surface area (Å²) in [5.41, 5.74) is 5.76. The molecule has 5 rings (SSSR count). The highest BCUT2D eigenvalue weighted by molar-refractivity contribution is 6.36. The van der Waals surface area contributed by atoms with Crippen LogP contribution in [0.5, 0.6) is 0 Å². The van der Waals surface area contributed by atoms with E-state index in [-0.39, 0.29) is 12.5 Å². The van der Waals surface area contributed by atoms with Gasteiger partial charge in [0.15, 0.2) is 5.65 Å². The van der Waals surface area contributed by atoms with Gasteiger partial charge in [0.05, 0.1) is 34.9 Å². The van der Waals surface area contributed by atoms with E-state index < -0.39 is 0 Å². The van der Waals surface area contributed by atoms with Gasteiger partial charge >= 0.3 is 0 Å². The number of imidazole rings is 1. The predicted octanol–water partition coefficient (Wildman–Crippen LogP) is 3.02. The van der Waals surface area contributed by atoms with E-state index in [0.717, 1.165) is 60.4 Å². The largest absolute Gasteiger partial charge is 0.395 e. The van der Waals surface area contributed by atoms with Crippen LogP contribution in [0.15, 0.2) is 37.1 Å². The number of hydrogen-bond donors (Lipinski definition) is 2. The second-order valence-electron chi connectivity index (χ2n) is 8.27. The maximum absolute atomic E-state index is 9.29. The number of halogens is 1. The number of piperazine rings is 1. The quantitative estimate of drug-likeness (QED) is 0.465. The van der Waals surface area contributed by atoms with Gasteiger partial charge in [-0.2, -0.15) is 0 Å². The van der Waals surface area contributed by atoms with Gasteiger partial charge in [0.25, 0.3) is 0 Å². The molecule has 1 saturated heterocycles. The van der Waals surface area contributed by atoms with E-state index in [9.17, 15) is 5.11 Å². The van der Waals surface area contributed by atoms with Crippen LogP contribution in [0.25, 0.3) is 22.1 Å². The Balaban J connectivity index is 1.55. The Morgan fingerprint density at radius 2 is 2.00 bits per heavy atom. The van der Waals surface area contributed by atoms with Crippen molar-refractivity contribution < 1.29 is 5.11 Å². The summed E-state index contributed by atoms with van der Waals surface area (Å²) in [6, 6.07) is 6.05. The van der Waals surface area contributed by atoms with Gasteiger partial charge in [-0.1, -0.05) is 18.5 Å². The number of β-amino-alcohol motifs (C(OH)–C–C–N with tert-alkyl or cyclic N) is 1. The number of nitrogens with zero attached hydrogens (tertiary/aromatic N) is 6. The van der Waals surface area contributed by atoms with Crippen LogP contribution < -0.4 is 4.90 Å². The molecule has 1 fully saturated rings. The SMILES string of the molecule is CC(Cc1ncnc2nc[nH]c12)c1cc(Cl)c2cccnc2c1N1CCN(CCO)CC1. The fraction of sp³-hybridized carbons (Fsp3) is 0.391. The third-order valence-corrected chi connectivity index (χ3v) is 6.59. The lowest BCUT2D eigenvalue weighted by Crippen LogP contribution is -2.47. The van der Waals surface area contributed by atoms with Crippen LogP contribution in [-0.2, 0) is 6.42 Å². The Labute approximate surface area is 191 Å². The minimum Gasteiger partial charge on any atom is -0.395 e. The highest BCUT2D eigenvalue weighted by atomic mass is 35.5. The van der Waals surface area contributed by atoms with Crippen LogP contribution in [0.1, 0.15) is 24.1 Å². The first-order valence-electron chi connectivity index (χ1n) is 10.9. The molecular weight excluding hydrogens is 426 g/mol. The molecule has 4 heterocycles. The molecule has 3 aromatic heterocycles. The molecule has 32 heavy (non-hydrogen) atoms. The number of H-pyrrole nitrogens is 1. The van der Waals surface area contributed by atoms with Crippen molar-refractivity contribution in [3.8, 4) is 0 Å². The standard InChI is InChI=1S/C23H26ClN7O/c1-15(11-19-21-23(28-13-26-19)29-14-27-21)17-12-18(24)16-3-2-4-25-20(16)22(17)31-7-5-30(6-8-31)9-10-32/h2-4,12-15,32H,5-11H2,1H3,(H,26,27,28,29). The fourth-order valence-corrected chi connectivity index (χ4v) is 4.89. The average molecular weight is 452 g/mol. The van der Waals surface area contributed by atoms with Crippen molar-refractivity contribution >= 4 is 39.4 Å². The summed E-state index contributed by atoms with van der Waals surface area (Å²) < 4.78 is 0. The first kappa shape index (κ1) is 21.1. The predicted molar refractivity (Wildman–Crippen MR) is 126 cm³/mol. The number of rotatable bonds is 6. The normalized spacial score (nSPS) is 16.2. The van der Waals surface area contributed by atoms with Gasteiger partial charge in [0, 0.05) is 44.3 Å². The third-order valence-electron chi connectivity index (χ3n) is 6.28. The first-order valence-corrected chi connectivity index (χ1v) is 11.3. The molecule has 9 heteroatoms. The molecule has 0 aliphatic carbocycles. The van der Waals surface area contributed by atoms with Gasteiger partial charge in [-0.3, -0.25) is 9.88 Å². The summed E-state index contributed by atoms with van der Waals surface area (Å²) in [7, 11) is 0. The van der Waals surface area contributed by atoms with Gasteiger partial charge in [0.1, 0.15) is 11.8 Å². The molecule has 0 radical (unpaired) electrons. The van der Waals surface area contributed by atoms with E-state index in [2.05, 4.69) is 42.7 Å². The summed E-state index contributed by atoms with van der Waals surface area (Å²) in [5, 5.41) is 11.0. The van der Waals surface area contributed by atoms with Crippen LogP contribution in [-0.4, -0.2) is 74.3 Å². The maximum atomic E-state index is 9.29. The van der Waals surface area contributed by atoms with E-state index in [1.54, 1.807) is 12.7 Å². The molecule has 0 spiro atoms. The highest BCUT2D eigenvalue weighted by Crippen LogP contribution is 2.39. The Morgan fingerprint density at radius 1 is 1.16 bits per heavy atom. The second kappa shape index (κ2) is 8.97. The lowest BCUT2D eigenvalue weighted by atomic mass is 9.92. The van der Waals surface area contributed by atoms with Gasteiger partial charge in [-0.15, -0.1) is 0 Å². The van der Waals surface area contributed by atoms with Crippen LogP contribution >= 0.6 is 11.6 Å². The van der Waals surface area contributed by atoms with Gasteiger partial charge in [0.2, 0.25) is 0 Å². The Morgan fingerprint density at radius 3 is 2.81 bits per heavy atom. The average Bonchev–Trinajstić information content (AvgIpc) is 3.30. The molecular formula is C23H26ClN7O. The zero-order valence-electron chi connectivity index (χ0n) is 18.0. The van der Waals surface area contributed by atoms with Gasteiger partial charge < -0.3 is 15.0 Å². The topological polar surface area (TPSA) is 94.1 Å². The van der Waals surface area contributed by atoms with Crippen molar-refractivity contribution in [1.82, 2.24) is 29.8 Å². The summed E-state index contributed by atoms with van der Waals surface area (Å²) in [6.07, 6.45) is 5.79. The maximum Gasteiger partial charge on any atom is 0.180 e. The van der Waals surface area contributed by atoms with E-state index in [1.807, 2.05) is 18.3 Å². The summed E-state index contributed by atoms with van der Waals surface area (Å²) in [5.74, 6) is 0.158. The summed E-state index contributed by atoms with van der Waals surface area (Å²) >= 11 is 6.73. The number of anilines is 1. The molecule has 1 aliphatic heterocycles. The summed E-state index contributed by atoms with van der Waals surface area (Å²) in [4.78, 5) is 25.6. The smallest absolute Gasteiger partial charge is 0.180 e. The number of benzene rings is 1. The van der Waals surface area contributed by atoms with Gasteiger partial charge in [-0.25, -0.2) is 15.0 Å². The zero-order chi connectivity index (χ0) is 22.1. The number of nitrogens with one attached hydrogen (secondary N) is 1. The Hall–Kier alpha value is -2.81. The van der Waals surface area contributed by atoms with Crippen molar-refractivity contribution in [2.45, 2.75) is 19.3 Å². The van der Waals surface area contributed by atoms with E-state index in [1.165, 1.54) is 5.56 Å². The number of aliphatic hydroxyl groups is 1. The molecule has 4 aromatic rings. The molecule has 1 aromatic carbocycles. The lowest BCUT2D eigenvalue weighted by Gasteiger charge is -2.37. The Kier molecular flexibility index (Phi) is 5.91. The van der Waals surface area contributed by atoms with Crippen LogP contribution in [0.4, 0.5) is 5.69 Å². The lowest BCUT2D eigenvalue weighted by molar-refractivity contribution is 0.189. The van der Waals surface area contributed by atoms with Crippen molar-refractivity contribution in [3.63, 3.8) is 0 Å². The van der Waals surface area contributed by atoms with E-state index in [4.69, 9.17) is 16.6 Å². The Bertz CT molecular complexity index is 1240. The van der Waals surface area contributed by atoms with Crippen LogP contribution in [0.2, 0.25) is 5.02 Å². The number of aliphatic hydroxyl groups excluding tert-OH is 1. The molecule has 166 valence electrons. The number of hydrogen-bond acceptors (Lipinski definition) is 7. The van der Waals surface area contributed by atoms with Crippen molar-refractivity contribution in [2.24, 2.45) is 0 Å². The molecule has 1 unspecified atom stereocenters. The molecule has 0 bridgehead atoms. The minimum atomic E-state index is 0.158. The fourth-order valence-electron chi connectivity index (χ4n) is 4.62. The molecule has 8 nitrogen and oxygen atoms in total. The number of aromatic nitrogens is 5. The van der Waals surface area contributed by atoms with Crippen LogP contribution in [0, 0.1) is 0 Å². The molecule has 2 N–H and O–H groups in total. The monoisotopic (exact) mass is 451 g/mol. The van der Waals surface area contributed by atoms with Crippen molar-refractivity contribution in [2.75, 3.05) is 44.2 Å². The molecule has 0 amide bonds. The number of aromatic amines is 1. The van der Waals surface area contributed by atoms with Crippen LogP contribution in [0.3, 0.4) is 0 Å². The van der Waals surface area contributed by atoms with Crippen molar-refractivity contribution in [1.29, 1.82) is 0 Å². The van der Waals surface area contributed by atoms with Crippen molar-refractivity contribution in [3.05, 3.63) is 53.3 Å². The first-order chi connectivity index (χ1) is 15.7. The van der Waals surface area contributed by atoms with Gasteiger partial charge in [-0.05, 0) is 36.1 Å². The minimum absolute atomic E-state index is 0.158. The van der Waals surface area contributed by atoms with E-state index >= 15 is 0 Å². The third kappa shape index (κ3) is 3.90. The number of fused-ring (bicyclic) bond motifs is 2. The summed E-state index contributed by atoms with van der Waals surface area (Å²) in [6.45, 7) is 6.68. The van der Waals surface area contributed by atoms with E-state index in [0.29, 0.717) is 17.2 Å². The second-order valence-corrected chi connectivity index (χ2v) is 8.68. The number of pyridine rings is 1.